The van der Waals surface area contributed by atoms with Crippen molar-refractivity contribution in [3.63, 3.8) is 0 Å². The molecule has 2 heteroatoms. The van der Waals surface area contributed by atoms with Gasteiger partial charge in [-0.15, -0.1) is 0 Å². The van der Waals surface area contributed by atoms with Crippen molar-refractivity contribution < 1.29 is 4.39 Å². The van der Waals surface area contributed by atoms with Gasteiger partial charge in [0.05, 0.1) is 0 Å². The van der Waals surface area contributed by atoms with Crippen molar-refractivity contribution in [2.75, 3.05) is 0 Å². The second-order valence-corrected chi connectivity index (χ2v) is 4.88. The topological polar surface area (TPSA) is 26.0 Å². The Morgan fingerprint density at radius 2 is 1.87 bits per heavy atom. The summed E-state index contributed by atoms with van der Waals surface area (Å²) in [7, 11) is 0. The van der Waals surface area contributed by atoms with Gasteiger partial charge in [0.25, 0.3) is 0 Å². The lowest BCUT2D eigenvalue weighted by Crippen LogP contribution is -2.29. The largest absolute Gasteiger partial charge is 0.327 e. The van der Waals surface area contributed by atoms with Gasteiger partial charge in [-0.2, -0.15) is 0 Å². The van der Waals surface area contributed by atoms with Gasteiger partial charge in [0, 0.05) is 6.04 Å². The molecule has 1 aromatic rings. The fourth-order valence-electron chi connectivity index (χ4n) is 2.23. The Hall–Kier alpha value is -0.890. The molecular weight excluding hydrogens is 189 g/mol. The number of halogens is 1. The maximum atomic E-state index is 12.7. The highest BCUT2D eigenvalue weighted by atomic mass is 19.1. The zero-order valence-corrected chi connectivity index (χ0v) is 9.28. The molecule has 1 saturated carbocycles. The van der Waals surface area contributed by atoms with E-state index >= 15 is 0 Å². The highest BCUT2D eigenvalue weighted by Crippen LogP contribution is 2.50. The third kappa shape index (κ3) is 2.20. The molecule has 1 nitrogen and oxygen atoms in total. The van der Waals surface area contributed by atoms with Crippen LogP contribution in [-0.2, 0) is 0 Å². The number of rotatable bonds is 3. The first-order chi connectivity index (χ1) is 7.09. The van der Waals surface area contributed by atoms with Crippen LogP contribution in [0.15, 0.2) is 24.3 Å². The van der Waals surface area contributed by atoms with Gasteiger partial charge in [0.1, 0.15) is 5.82 Å². The summed E-state index contributed by atoms with van der Waals surface area (Å²) in [6.07, 6.45) is 1.16. The highest BCUT2D eigenvalue weighted by molar-refractivity contribution is 5.27. The molecule has 0 saturated heterocycles. The van der Waals surface area contributed by atoms with Crippen LogP contribution in [-0.4, -0.2) is 6.04 Å². The predicted octanol–water partition coefficient (Wildman–Crippen LogP) is 2.91. The molecule has 0 bridgehead atoms. The smallest absolute Gasteiger partial charge is 0.123 e. The van der Waals surface area contributed by atoms with Crippen LogP contribution in [0.25, 0.3) is 0 Å². The van der Waals surface area contributed by atoms with E-state index in [1.54, 1.807) is 0 Å². The molecule has 1 aliphatic rings. The second kappa shape index (κ2) is 3.93. The van der Waals surface area contributed by atoms with Crippen LogP contribution in [0, 0.1) is 17.7 Å². The minimum atomic E-state index is -0.163. The minimum Gasteiger partial charge on any atom is -0.327 e. The summed E-state index contributed by atoms with van der Waals surface area (Å²) in [5.41, 5.74) is 7.34. The van der Waals surface area contributed by atoms with Crippen LogP contribution in [0.4, 0.5) is 4.39 Å². The Bertz CT molecular complexity index is 331. The normalized spacial score (nSPS) is 26.7. The molecule has 0 aliphatic heterocycles. The molecule has 82 valence electrons. The zero-order chi connectivity index (χ0) is 11.0. The van der Waals surface area contributed by atoms with Gasteiger partial charge < -0.3 is 5.73 Å². The number of nitrogens with two attached hydrogens (primary N) is 1. The van der Waals surface area contributed by atoms with E-state index in [0.717, 1.165) is 6.42 Å². The Morgan fingerprint density at radius 3 is 2.40 bits per heavy atom. The van der Waals surface area contributed by atoms with E-state index in [1.807, 2.05) is 12.1 Å². The first kappa shape index (κ1) is 10.6. The van der Waals surface area contributed by atoms with Crippen molar-refractivity contribution in [2.45, 2.75) is 32.2 Å². The van der Waals surface area contributed by atoms with Gasteiger partial charge >= 0.3 is 0 Å². The van der Waals surface area contributed by atoms with Crippen LogP contribution in [0.2, 0.25) is 0 Å². The fraction of sp³-hybridized carbons (Fsp3) is 0.538. The van der Waals surface area contributed by atoms with Gasteiger partial charge in [-0.1, -0.05) is 26.0 Å². The van der Waals surface area contributed by atoms with Crippen LogP contribution in [0.1, 0.15) is 31.7 Å². The minimum absolute atomic E-state index is 0.163. The van der Waals surface area contributed by atoms with Crippen molar-refractivity contribution in [3.8, 4) is 0 Å². The average molecular weight is 207 g/mol. The standard InChI is InChI=1S/C13H18FN/c1-8(2)13(15)12-7-11(12)9-3-5-10(14)6-4-9/h3-6,8,11-13H,7,15H2,1-2H3. The van der Waals surface area contributed by atoms with E-state index in [2.05, 4.69) is 13.8 Å². The first-order valence-corrected chi connectivity index (χ1v) is 5.60. The molecule has 1 aromatic carbocycles. The van der Waals surface area contributed by atoms with Gasteiger partial charge in [0.2, 0.25) is 0 Å². The first-order valence-electron chi connectivity index (χ1n) is 5.60. The maximum Gasteiger partial charge on any atom is 0.123 e. The molecule has 2 rings (SSSR count). The van der Waals surface area contributed by atoms with Crippen LogP contribution in [0.3, 0.4) is 0 Å². The van der Waals surface area contributed by atoms with Crippen molar-refractivity contribution in [2.24, 2.45) is 17.6 Å². The van der Waals surface area contributed by atoms with Crippen molar-refractivity contribution in [3.05, 3.63) is 35.6 Å². The zero-order valence-electron chi connectivity index (χ0n) is 9.28. The highest BCUT2D eigenvalue weighted by Gasteiger charge is 2.43. The van der Waals surface area contributed by atoms with Crippen LogP contribution < -0.4 is 5.73 Å². The Labute approximate surface area is 90.5 Å². The molecule has 3 atom stereocenters. The molecule has 15 heavy (non-hydrogen) atoms. The lowest BCUT2D eigenvalue weighted by Gasteiger charge is -2.15. The number of hydrogen-bond acceptors (Lipinski definition) is 1. The molecule has 1 aliphatic carbocycles. The SMILES string of the molecule is CC(C)C(N)C1CC1c1ccc(F)cc1. The molecule has 2 N–H and O–H groups in total. The third-order valence-electron chi connectivity index (χ3n) is 3.40. The van der Waals surface area contributed by atoms with Gasteiger partial charge in [-0.3, -0.25) is 0 Å². The Kier molecular flexibility index (Phi) is 2.79. The van der Waals surface area contributed by atoms with Crippen molar-refractivity contribution in [1.82, 2.24) is 0 Å². The van der Waals surface area contributed by atoms with Gasteiger partial charge in [-0.05, 0) is 41.9 Å². The fourth-order valence-corrected chi connectivity index (χ4v) is 2.23. The molecule has 3 unspecified atom stereocenters. The van der Waals surface area contributed by atoms with E-state index in [9.17, 15) is 4.39 Å². The van der Waals surface area contributed by atoms with Gasteiger partial charge in [-0.25, -0.2) is 4.39 Å². The molecule has 0 radical (unpaired) electrons. The van der Waals surface area contributed by atoms with E-state index in [4.69, 9.17) is 5.73 Å². The van der Waals surface area contributed by atoms with E-state index < -0.39 is 0 Å². The van der Waals surface area contributed by atoms with Crippen LogP contribution in [0.5, 0.6) is 0 Å². The third-order valence-corrected chi connectivity index (χ3v) is 3.40. The quantitative estimate of drug-likeness (QED) is 0.810. The van der Waals surface area contributed by atoms with Crippen LogP contribution >= 0.6 is 0 Å². The molecule has 0 amide bonds. The molecule has 0 spiro atoms. The van der Waals surface area contributed by atoms with E-state index in [1.165, 1.54) is 17.7 Å². The summed E-state index contributed by atoms with van der Waals surface area (Å²) in [4.78, 5) is 0. The summed E-state index contributed by atoms with van der Waals surface area (Å²) in [5.74, 6) is 1.52. The van der Waals surface area contributed by atoms with Crippen molar-refractivity contribution >= 4 is 0 Å². The predicted molar refractivity (Wildman–Crippen MR) is 60.1 cm³/mol. The van der Waals surface area contributed by atoms with E-state index in [-0.39, 0.29) is 11.9 Å². The molecule has 0 heterocycles. The molecule has 1 fully saturated rings. The summed E-state index contributed by atoms with van der Waals surface area (Å²) in [5, 5.41) is 0. The molecular formula is C13H18FN. The number of benzene rings is 1. The summed E-state index contributed by atoms with van der Waals surface area (Å²) in [6, 6.07) is 7.11. The monoisotopic (exact) mass is 207 g/mol. The summed E-state index contributed by atoms with van der Waals surface area (Å²) < 4.78 is 12.7. The lowest BCUT2D eigenvalue weighted by molar-refractivity contribution is 0.440. The average Bonchev–Trinajstić information content (AvgIpc) is 2.97. The second-order valence-electron chi connectivity index (χ2n) is 4.88. The van der Waals surface area contributed by atoms with Gasteiger partial charge in [0.15, 0.2) is 0 Å². The summed E-state index contributed by atoms with van der Waals surface area (Å²) >= 11 is 0. The molecule has 0 aromatic heterocycles. The lowest BCUT2D eigenvalue weighted by atomic mass is 9.97. The van der Waals surface area contributed by atoms with E-state index in [0.29, 0.717) is 17.8 Å². The maximum absolute atomic E-state index is 12.7. The number of hydrogen-bond donors (Lipinski definition) is 1. The van der Waals surface area contributed by atoms with Crippen molar-refractivity contribution in [1.29, 1.82) is 0 Å². The Balaban J connectivity index is 2.01. The summed E-state index contributed by atoms with van der Waals surface area (Å²) in [6.45, 7) is 4.31. The Morgan fingerprint density at radius 1 is 1.27 bits per heavy atom.